The van der Waals surface area contributed by atoms with E-state index in [1.165, 1.54) is 18.3 Å². The third-order valence-electron chi connectivity index (χ3n) is 3.26. The van der Waals surface area contributed by atoms with Gasteiger partial charge in [0, 0.05) is 18.3 Å². The number of rotatable bonds is 3. The van der Waals surface area contributed by atoms with Crippen LogP contribution in [0.25, 0.3) is 10.2 Å². The number of amides is 3. The van der Waals surface area contributed by atoms with E-state index in [2.05, 4.69) is 20.9 Å². The lowest BCUT2D eigenvalue weighted by atomic mass is 10.2. The van der Waals surface area contributed by atoms with Gasteiger partial charge in [0.2, 0.25) is 5.91 Å². The monoisotopic (exact) mass is 340 g/mol. The summed E-state index contributed by atoms with van der Waals surface area (Å²) in [5.74, 6) is -0.160. The molecule has 122 valence electrons. The fourth-order valence-corrected chi connectivity index (χ4v) is 3.32. The number of carbonyl (C=O) groups is 2. The Balaban J connectivity index is 1.79. The summed E-state index contributed by atoms with van der Waals surface area (Å²) >= 11 is 1.37. The van der Waals surface area contributed by atoms with Crippen LogP contribution in [-0.4, -0.2) is 16.9 Å². The molecule has 24 heavy (non-hydrogen) atoms. The van der Waals surface area contributed by atoms with Crippen molar-refractivity contribution in [3.63, 3.8) is 0 Å². The molecule has 0 saturated heterocycles. The Morgan fingerprint density at radius 1 is 1.00 bits per heavy atom. The number of nitrogens with one attached hydrogen (secondary N) is 3. The lowest BCUT2D eigenvalue weighted by Crippen LogP contribution is -2.19. The number of hydrogen-bond donors (Lipinski definition) is 3. The van der Waals surface area contributed by atoms with Crippen LogP contribution in [0.5, 0.6) is 0 Å². The van der Waals surface area contributed by atoms with Crippen LogP contribution in [-0.2, 0) is 4.79 Å². The van der Waals surface area contributed by atoms with E-state index in [0.29, 0.717) is 10.8 Å². The molecule has 3 rings (SSSR count). The number of urea groups is 1. The minimum absolute atomic E-state index is 0.160. The fourth-order valence-electron chi connectivity index (χ4n) is 2.29. The van der Waals surface area contributed by atoms with Gasteiger partial charge in [-0.3, -0.25) is 4.79 Å². The lowest BCUT2D eigenvalue weighted by molar-refractivity contribution is -0.114. The topological polar surface area (TPSA) is 83.1 Å². The van der Waals surface area contributed by atoms with Gasteiger partial charge in [0.05, 0.1) is 10.2 Å². The molecule has 0 saturated carbocycles. The Hall–Kier alpha value is -2.93. The van der Waals surface area contributed by atoms with Gasteiger partial charge in [-0.05, 0) is 36.8 Å². The number of para-hydroxylation sites is 1. The summed E-state index contributed by atoms with van der Waals surface area (Å²) in [6.45, 7) is 3.36. The Labute approximate surface area is 142 Å². The van der Waals surface area contributed by atoms with Gasteiger partial charge >= 0.3 is 6.03 Å². The molecule has 0 atom stereocenters. The molecule has 0 fully saturated rings. The summed E-state index contributed by atoms with van der Waals surface area (Å²) in [6.07, 6.45) is 0. The molecule has 1 aromatic heterocycles. The van der Waals surface area contributed by atoms with Crippen molar-refractivity contribution in [2.45, 2.75) is 13.8 Å². The normalized spacial score (nSPS) is 10.4. The van der Waals surface area contributed by atoms with Crippen LogP contribution in [0, 0.1) is 6.92 Å². The van der Waals surface area contributed by atoms with Gasteiger partial charge in [-0.15, -0.1) is 0 Å². The van der Waals surface area contributed by atoms with E-state index < -0.39 is 0 Å². The van der Waals surface area contributed by atoms with Gasteiger partial charge in [0.1, 0.15) is 0 Å². The van der Waals surface area contributed by atoms with Gasteiger partial charge in [-0.2, -0.15) is 0 Å². The third kappa shape index (κ3) is 3.69. The van der Waals surface area contributed by atoms with Crippen LogP contribution in [0.15, 0.2) is 42.5 Å². The van der Waals surface area contributed by atoms with E-state index in [9.17, 15) is 9.59 Å². The molecule has 1 heterocycles. The minimum atomic E-state index is -0.313. The van der Waals surface area contributed by atoms with E-state index >= 15 is 0 Å². The SMILES string of the molecule is CC(=O)Nc1nc2c(C)cc(NC(=O)Nc3ccccc3)cc2s1. The number of hydrogen-bond acceptors (Lipinski definition) is 4. The van der Waals surface area contributed by atoms with Crippen molar-refractivity contribution in [2.24, 2.45) is 0 Å². The molecule has 0 unspecified atom stereocenters. The molecule has 0 aliphatic rings. The van der Waals surface area contributed by atoms with Gasteiger partial charge in [-0.25, -0.2) is 9.78 Å². The number of nitrogens with zero attached hydrogens (tertiary/aromatic N) is 1. The zero-order valence-corrected chi connectivity index (χ0v) is 14.0. The Kier molecular flexibility index (Phi) is 4.43. The molecular weight excluding hydrogens is 324 g/mol. The average molecular weight is 340 g/mol. The van der Waals surface area contributed by atoms with Gasteiger partial charge < -0.3 is 16.0 Å². The maximum absolute atomic E-state index is 12.1. The van der Waals surface area contributed by atoms with Crippen molar-refractivity contribution in [1.82, 2.24) is 4.98 Å². The van der Waals surface area contributed by atoms with Crippen LogP contribution in [0.2, 0.25) is 0 Å². The van der Waals surface area contributed by atoms with Crippen LogP contribution < -0.4 is 16.0 Å². The average Bonchev–Trinajstić information content (AvgIpc) is 2.90. The molecule has 0 aliphatic heterocycles. The van der Waals surface area contributed by atoms with E-state index in [1.54, 1.807) is 0 Å². The third-order valence-corrected chi connectivity index (χ3v) is 4.18. The summed E-state index contributed by atoms with van der Waals surface area (Å²) in [5.41, 5.74) is 3.14. The summed E-state index contributed by atoms with van der Waals surface area (Å²) in [6, 6.07) is 12.6. The zero-order valence-electron chi connectivity index (χ0n) is 13.2. The molecule has 6 nitrogen and oxygen atoms in total. The molecule has 3 amide bonds. The first kappa shape index (κ1) is 15.9. The van der Waals surface area contributed by atoms with Crippen molar-refractivity contribution in [1.29, 1.82) is 0 Å². The number of carbonyl (C=O) groups excluding carboxylic acids is 2. The first-order valence-electron chi connectivity index (χ1n) is 7.33. The summed E-state index contributed by atoms with van der Waals surface area (Å²) in [5, 5.41) is 8.82. The molecule has 0 aliphatic carbocycles. The minimum Gasteiger partial charge on any atom is -0.308 e. The van der Waals surface area contributed by atoms with Crippen molar-refractivity contribution in [2.75, 3.05) is 16.0 Å². The Bertz CT molecular complexity index is 906. The van der Waals surface area contributed by atoms with E-state index in [-0.39, 0.29) is 11.9 Å². The first-order valence-corrected chi connectivity index (χ1v) is 8.15. The summed E-state index contributed by atoms with van der Waals surface area (Å²) in [7, 11) is 0. The maximum Gasteiger partial charge on any atom is 0.323 e. The summed E-state index contributed by atoms with van der Waals surface area (Å²) in [4.78, 5) is 27.6. The number of aryl methyl sites for hydroxylation is 1. The standard InChI is InChI=1S/C17H16N4O2S/c1-10-8-13(20-16(23)19-12-6-4-3-5-7-12)9-14-15(10)21-17(24-14)18-11(2)22/h3-9H,1-2H3,(H,18,21,22)(H2,19,20,23). The first-order chi connectivity index (χ1) is 11.5. The molecule has 0 radical (unpaired) electrons. The summed E-state index contributed by atoms with van der Waals surface area (Å²) < 4.78 is 0.897. The highest BCUT2D eigenvalue weighted by Gasteiger charge is 2.10. The van der Waals surface area contributed by atoms with Crippen LogP contribution in [0.4, 0.5) is 21.3 Å². The number of fused-ring (bicyclic) bond motifs is 1. The highest BCUT2D eigenvalue weighted by Crippen LogP contribution is 2.31. The second kappa shape index (κ2) is 6.67. The largest absolute Gasteiger partial charge is 0.323 e. The van der Waals surface area contributed by atoms with E-state index in [4.69, 9.17) is 0 Å². The molecule has 2 aromatic carbocycles. The highest BCUT2D eigenvalue weighted by molar-refractivity contribution is 7.22. The Morgan fingerprint density at radius 3 is 2.42 bits per heavy atom. The van der Waals surface area contributed by atoms with Crippen molar-refractivity contribution < 1.29 is 9.59 Å². The predicted molar refractivity (Wildman–Crippen MR) is 97.7 cm³/mol. The van der Waals surface area contributed by atoms with Gasteiger partial charge in [-0.1, -0.05) is 29.5 Å². The maximum atomic E-state index is 12.1. The predicted octanol–water partition coefficient (Wildman–Crippen LogP) is 4.21. The van der Waals surface area contributed by atoms with Crippen molar-refractivity contribution in [3.05, 3.63) is 48.0 Å². The number of thiazole rings is 1. The number of aromatic nitrogens is 1. The molecule has 0 bridgehead atoms. The number of anilines is 3. The molecule has 7 heteroatoms. The smallest absolute Gasteiger partial charge is 0.308 e. The molecule has 3 aromatic rings. The van der Waals surface area contributed by atoms with Crippen molar-refractivity contribution in [3.8, 4) is 0 Å². The quantitative estimate of drug-likeness (QED) is 0.668. The van der Waals surface area contributed by atoms with Gasteiger partial charge in [0.25, 0.3) is 0 Å². The zero-order chi connectivity index (χ0) is 17.1. The lowest BCUT2D eigenvalue weighted by Gasteiger charge is -2.08. The van der Waals surface area contributed by atoms with Crippen LogP contribution in [0.3, 0.4) is 0 Å². The van der Waals surface area contributed by atoms with Crippen LogP contribution >= 0.6 is 11.3 Å². The molecule has 0 spiro atoms. The Morgan fingerprint density at radius 2 is 1.71 bits per heavy atom. The van der Waals surface area contributed by atoms with Crippen LogP contribution in [0.1, 0.15) is 12.5 Å². The highest BCUT2D eigenvalue weighted by atomic mass is 32.1. The van der Waals surface area contributed by atoms with E-state index in [1.807, 2.05) is 49.4 Å². The molecular formula is C17H16N4O2S. The second-order valence-electron chi connectivity index (χ2n) is 5.29. The fraction of sp³-hybridized carbons (Fsp3) is 0.118. The van der Waals surface area contributed by atoms with Crippen molar-refractivity contribution >= 4 is 50.0 Å². The number of benzene rings is 2. The van der Waals surface area contributed by atoms with Gasteiger partial charge in [0.15, 0.2) is 5.13 Å². The molecule has 3 N–H and O–H groups in total. The second-order valence-corrected chi connectivity index (χ2v) is 6.32. The van der Waals surface area contributed by atoms with E-state index in [0.717, 1.165) is 21.5 Å².